The Balaban J connectivity index is 2.15. The molecule has 1 amide bonds. The number of Topliss-reactive ketones (excluding diaryl/α,β-unsaturated/α-hetero) is 1. The molecule has 1 aromatic heterocycles. The minimum absolute atomic E-state index is 0.0145. The van der Waals surface area contributed by atoms with Crippen LogP contribution in [-0.4, -0.2) is 44.1 Å². The fraction of sp³-hybridized carbons (Fsp3) is 0.300. The van der Waals surface area contributed by atoms with E-state index in [9.17, 15) is 19.2 Å². The van der Waals surface area contributed by atoms with Gasteiger partial charge in [0.05, 0.1) is 25.1 Å². The first-order valence-corrected chi connectivity index (χ1v) is 9.53. The molecule has 1 atom stereocenters. The van der Waals surface area contributed by atoms with Crippen LogP contribution in [0.2, 0.25) is 0 Å². The summed E-state index contributed by atoms with van der Waals surface area (Å²) in [5.41, 5.74) is 0.756. The van der Waals surface area contributed by atoms with E-state index in [1.54, 1.807) is 41.8 Å². The number of ether oxygens (including phenoxy) is 3. The lowest BCUT2D eigenvalue weighted by atomic mass is 9.94. The monoisotopic (exact) mass is 419 g/mol. The van der Waals surface area contributed by atoms with E-state index in [-0.39, 0.29) is 18.8 Å². The number of ketones is 1. The van der Waals surface area contributed by atoms with Crippen molar-refractivity contribution in [2.45, 2.75) is 19.1 Å². The molecule has 2 aromatic rings. The van der Waals surface area contributed by atoms with Gasteiger partial charge in [-0.15, -0.1) is 11.3 Å². The van der Waals surface area contributed by atoms with Crippen molar-refractivity contribution in [1.29, 1.82) is 0 Å². The molecule has 154 valence electrons. The second-order valence-electron chi connectivity index (χ2n) is 5.94. The molecule has 0 saturated heterocycles. The molecule has 1 heterocycles. The zero-order chi connectivity index (χ0) is 21.2. The van der Waals surface area contributed by atoms with Crippen molar-refractivity contribution >= 4 is 35.2 Å². The summed E-state index contributed by atoms with van der Waals surface area (Å²) in [6.45, 7) is -0.0145. The van der Waals surface area contributed by atoms with Gasteiger partial charge in [-0.2, -0.15) is 0 Å². The van der Waals surface area contributed by atoms with Crippen molar-refractivity contribution in [3.05, 3.63) is 58.3 Å². The molecule has 1 N–H and O–H groups in total. The molecule has 1 aromatic carbocycles. The highest BCUT2D eigenvalue weighted by Crippen LogP contribution is 2.18. The van der Waals surface area contributed by atoms with Crippen LogP contribution in [-0.2, 0) is 30.4 Å². The number of hydrogen-bond donors (Lipinski definition) is 1. The quantitative estimate of drug-likeness (QED) is 0.288. The van der Waals surface area contributed by atoms with Crippen LogP contribution in [0.25, 0.3) is 0 Å². The summed E-state index contributed by atoms with van der Waals surface area (Å²) in [4.78, 5) is 49.5. The van der Waals surface area contributed by atoms with Crippen LogP contribution in [0.4, 0.5) is 4.79 Å². The summed E-state index contributed by atoms with van der Waals surface area (Å²) in [7, 11) is 2.20. The smallest absolute Gasteiger partial charge is 0.407 e. The fourth-order valence-corrected chi connectivity index (χ4v) is 3.26. The lowest BCUT2D eigenvalue weighted by molar-refractivity contribution is -0.160. The van der Waals surface area contributed by atoms with Gasteiger partial charge in [-0.05, 0) is 17.0 Å². The Morgan fingerprint density at radius 2 is 1.62 bits per heavy atom. The number of rotatable bonds is 9. The Morgan fingerprint density at radius 1 is 0.966 bits per heavy atom. The number of hydrogen-bond acceptors (Lipinski definition) is 8. The van der Waals surface area contributed by atoms with Gasteiger partial charge in [0.2, 0.25) is 0 Å². The average molecular weight is 419 g/mol. The minimum atomic E-state index is -1.52. The predicted octanol–water partition coefficient (Wildman–Crippen LogP) is 2.58. The van der Waals surface area contributed by atoms with Gasteiger partial charge in [-0.25, -0.2) is 4.79 Å². The van der Waals surface area contributed by atoms with Crippen LogP contribution < -0.4 is 5.32 Å². The van der Waals surface area contributed by atoms with Gasteiger partial charge in [-0.3, -0.25) is 14.4 Å². The third kappa shape index (κ3) is 6.42. The van der Waals surface area contributed by atoms with E-state index in [2.05, 4.69) is 14.8 Å². The first-order chi connectivity index (χ1) is 14.0. The molecule has 0 aliphatic rings. The Morgan fingerprint density at radius 3 is 2.17 bits per heavy atom. The standard InChI is InChI=1S/C20H21NO7S/c1-26-18(23)17(19(24)27-2)14(11-15(22)16-9-6-10-29-16)21-20(25)28-12-13-7-4-3-5-8-13/h3-10,14,17H,11-12H2,1-2H3,(H,21,25). The Kier molecular flexibility index (Phi) is 8.35. The van der Waals surface area contributed by atoms with E-state index in [1.807, 2.05) is 6.07 Å². The first kappa shape index (κ1) is 22.1. The normalized spacial score (nSPS) is 11.4. The molecule has 0 radical (unpaired) electrons. The third-order valence-corrected chi connectivity index (χ3v) is 4.94. The van der Waals surface area contributed by atoms with E-state index in [1.165, 1.54) is 11.3 Å². The number of amides is 1. The molecular weight excluding hydrogens is 398 g/mol. The number of methoxy groups -OCH3 is 2. The number of carbonyl (C=O) groups is 4. The Hall–Kier alpha value is -3.20. The highest BCUT2D eigenvalue weighted by atomic mass is 32.1. The van der Waals surface area contributed by atoms with Crippen LogP contribution in [0.1, 0.15) is 21.7 Å². The maximum absolute atomic E-state index is 12.5. The number of benzene rings is 1. The van der Waals surface area contributed by atoms with E-state index in [0.29, 0.717) is 4.88 Å². The molecule has 0 fully saturated rings. The molecule has 9 heteroatoms. The van der Waals surface area contributed by atoms with E-state index < -0.39 is 30.0 Å². The van der Waals surface area contributed by atoms with Gasteiger partial charge < -0.3 is 19.5 Å². The first-order valence-electron chi connectivity index (χ1n) is 8.65. The van der Waals surface area contributed by atoms with Crippen molar-refractivity contribution in [3.63, 3.8) is 0 Å². The molecule has 29 heavy (non-hydrogen) atoms. The molecule has 0 aliphatic heterocycles. The van der Waals surface area contributed by atoms with E-state index in [4.69, 9.17) is 4.74 Å². The molecule has 8 nitrogen and oxygen atoms in total. The van der Waals surface area contributed by atoms with Crippen molar-refractivity contribution < 1.29 is 33.4 Å². The van der Waals surface area contributed by atoms with Crippen molar-refractivity contribution in [3.8, 4) is 0 Å². The molecule has 0 bridgehead atoms. The van der Waals surface area contributed by atoms with Crippen LogP contribution in [0.3, 0.4) is 0 Å². The highest BCUT2D eigenvalue weighted by Gasteiger charge is 2.39. The van der Waals surface area contributed by atoms with Gasteiger partial charge in [-0.1, -0.05) is 36.4 Å². The lowest BCUT2D eigenvalue weighted by Crippen LogP contribution is -2.48. The van der Waals surface area contributed by atoms with Gasteiger partial charge in [0.15, 0.2) is 11.7 Å². The summed E-state index contributed by atoms with van der Waals surface area (Å²) in [5.74, 6) is -3.71. The number of alkyl carbamates (subject to hydrolysis) is 1. The fourth-order valence-electron chi connectivity index (χ4n) is 2.58. The highest BCUT2D eigenvalue weighted by molar-refractivity contribution is 7.12. The second kappa shape index (κ2) is 11.0. The van der Waals surface area contributed by atoms with Crippen LogP contribution >= 0.6 is 11.3 Å². The molecule has 1 unspecified atom stereocenters. The van der Waals surface area contributed by atoms with Gasteiger partial charge in [0, 0.05) is 6.42 Å². The summed E-state index contributed by atoms with van der Waals surface area (Å²) < 4.78 is 14.5. The Bertz CT molecular complexity index is 820. The summed E-state index contributed by atoms with van der Waals surface area (Å²) in [5, 5.41) is 4.16. The second-order valence-corrected chi connectivity index (χ2v) is 6.89. The molecule has 2 rings (SSSR count). The van der Waals surface area contributed by atoms with Crippen molar-refractivity contribution in [2.24, 2.45) is 5.92 Å². The van der Waals surface area contributed by atoms with Crippen LogP contribution in [0.5, 0.6) is 0 Å². The maximum atomic E-state index is 12.5. The minimum Gasteiger partial charge on any atom is -0.468 e. The zero-order valence-corrected chi connectivity index (χ0v) is 16.8. The Labute approximate surface area is 171 Å². The van der Waals surface area contributed by atoms with Gasteiger partial charge >= 0.3 is 18.0 Å². The zero-order valence-electron chi connectivity index (χ0n) is 16.0. The number of nitrogens with one attached hydrogen (secondary N) is 1. The van der Waals surface area contributed by atoms with E-state index >= 15 is 0 Å². The van der Waals surface area contributed by atoms with Crippen LogP contribution in [0, 0.1) is 5.92 Å². The summed E-state index contributed by atoms with van der Waals surface area (Å²) in [6.07, 6.45) is -1.19. The molecular formula is C20H21NO7S. The van der Waals surface area contributed by atoms with Crippen molar-refractivity contribution in [1.82, 2.24) is 5.32 Å². The van der Waals surface area contributed by atoms with Gasteiger partial charge in [0.1, 0.15) is 6.61 Å². The average Bonchev–Trinajstić information content (AvgIpc) is 3.27. The molecule has 0 saturated carbocycles. The van der Waals surface area contributed by atoms with Crippen molar-refractivity contribution in [2.75, 3.05) is 14.2 Å². The number of carbonyl (C=O) groups excluding carboxylic acids is 4. The number of esters is 2. The third-order valence-electron chi connectivity index (χ3n) is 4.03. The molecule has 0 spiro atoms. The predicted molar refractivity (Wildman–Crippen MR) is 104 cm³/mol. The van der Waals surface area contributed by atoms with E-state index in [0.717, 1.165) is 19.8 Å². The number of thiophene rings is 1. The van der Waals surface area contributed by atoms with Crippen LogP contribution in [0.15, 0.2) is 47.8 Å². The topological polar surface area (TPSA) is 108 Å². The SMILES string of the molecule is COC(=O)C(C(=O)OC)C(CC(=O)c1cccs1)NC(=O)OCc1ccccc1. The lowest BCUT2D eigenvalue weighted by Gasteiger charge is -2.23. The van der Waals surface area contributed by atoms with Gasteiger partial charge in [0.25, 0.3) is 0 Å². The largest absolute Gasteiger partial charge is 0.468 e. The summed E-state index contributed by atoms with van der Waals surface area (Å²) >= 11 is 1.21. The summed E-state index contributed by atoms with van der Waals surface area (Å²) in [6, 6.07) is 11.1. The maximum Gasteiger partial charge on any atom is 0.407 e. The molecule has 0 aliphatic carbocycles.